The Hall–Kier alpha value is -1.77. The Bertz CT molecular complexity index is 750. The van der Waals surface area contributed by atoms with Crippen molar-refractivity contribution >= 4 is 44.8 Å². The van der Waals surface area contributed by atoms with Crippen LogP contribution < -0.4 is 10.5 Å². The number of nitrogens with one attached hydrogen (secondary N) is 1. The Morgan fingerprint density at radius 2 is 1.95 bits per heavy atom. The molecule has 3 N–H and O–H groups in total. The largest absolute Gasteiger partial charge is 0.389 e. The Morgan fingerprint density at radius 1 is 1.30 bits per heavy atom. The molecule has 1 aromatic heterocycles. The van der Waals surface area contributed by atoms with Gasteiger partial charge in [-0.2, -0.15) is 0 Å². The van der Waals surface area contributed by atoms with E-state index in [1.807, 2.05) is 0 Å². The molecule has 0 aliphatic rings. The van der Waals surface area contributed by atoms with Crippen LogP contribution in [-0.4, -0.2) is 23.4 Å². The molecule has 0 radical (unpaired) electrons. The quantitative estimate of drug-likeness (QED) is 0.827. The molecule has 1 aromatic carbocycles. The molecule has 0 unspecified atom stereocenters. The van der Waals surface area contributed by atoms with Crippen molar-refractivity contribution in [3.8, 4) is 0 Å². The van der Waals surface area contributed by atoms with E-state index >= 15 is 0 Å². The maximum Gasteiger partial charge on any atom is 0.264 e. The normalized spacial score (nSPS) is 11.1. The van der Waals surface area contributed by atoms with Gasteiger partial charge < -0.3 is 5.73 Å². The number of thiocarbonyl (C=S) groups is 1. The minimum atomic E-state index is -3.82. The van der Waals surface area contributed by atoms with E-state index < -0.39 is 10.0 Å². The number of benzene rings is 1. The lowest BCUT2D eigenvalue weighted by Gasteiger charge is -2.08. The highest BCUT2D eigenvalue weighted by molar-refractivity contribution is 7.92. The van der Waals surface area contributed by atoms with Gasteiger partial charge in [0.15, 0.2) is 0 Å². The van der Waals surface area contributed by atoms with E-state index in [2.05, 4.69) is 14.7 Å². The molecule has 0 aliphatic heterocycles. The van der Waals surface area contributed by atoms with Gasteiger partial charge in [0, 0.05) is 18.0 Å². The smallest absolute Gasteiger partial charge is 0.264 e. The maximum absolute atomic E-state index is 12.1. The zero-order chi connectivity index (χ0) is 14.8. The van der Waals surface area contributed by atoms with Crippen LogP contribution in [0.15, 0.2) is 41.6 Å². The van der Waals surface area contributed by atoms with Crippen LogP contribution in [0.2, 0.25) is 5.02 Å². The fourth-order valence-electron chi connectivity index (χ4n) is 1.39. The van der Waals surface area contributed by atoms with Gasteiger partial charge in [-0.25, -0.2) is 23.1 Å². The Labute approximate surface area is 126 Å². The lowest BCUT2D eigenvalue weighted by atomic mass is 10.2. The summed E-state index contributed by atoms with van der Waals surface area (Å²) in [5, 5.41) is 0.161. The standard InChI is InChI=1S/C11H9ClN4O2S2/c12-9-6-7(2-3-8(9)10(13)19)20(17,18)16-11-14-4-1-5-15-11/h1-6H,(H2,13,19)(H,14,15,16). The first kappa shape index (κ1) is 14.6. The van der Waals surface area contributed by atoms with Crippen LogP contribution in [-0.2, 0) is 10.0 Å². The van der Waals surface area contributed by atoms with E-state index in [0.29, 0.717) is 5.56 Å². The molecular weight excluding hydrogens is 320 g/mol. The SMILES string of the molecule is NC(=S)c1ccc(S(=O)(=O)Nc2ncccn2)cc1Cl. The van der Waals surface area contributed by atoms with Crippen molar-refractivity contribution in [3.05, 3.63) is 47.2 Å². The summed E-state index contributed by atoms with van der Waals surface area (Å²) in [4.78, 5) is 7.63. The van der Waals surface area contributed by atoms with Gasteiger partial charge in [0.1, 0.15) is 4.99 Å². The van der Waals surface area contributed by atoms with Gasteiger partial charge in [0.25, 0.3) is 10.0 Å². The second-order valence-corrected chi connectivity index (χ2v) is 6.21. The molecule has 0 saturated heterocycles. The van der Waals surface area contributed by atoms with Crippen LogP contribution in [0.5, 0.6) is 0 Å². The van der Waals surface area contributed by atoms with Crippen molar-refractivity contribution in [1.29, 1.82) is 0 Å². The molecule has 104 valence electrons. The number of nitrogens with two attached hydrogens (primary N) is 1. The first-order valence-electron chi connectivity index (χ1n) is 5.29. The first-order chi connectivity index (χ1) is 9.40. The summed E-state index contributed by atoms with van der Waals surface area (Å²) in [6.07, 6.45) is 2.85. The molecule has 20 heavy (non-hydrogen) atoms. The van der Waals surface area contributed by atoms with Gasteiger partial charge in [-0.15, -0.1) is 0 Å². The van der Waals surface area contributed by atoms with Crippen LogP contribution in [0.25, 0.3) is 0 Å². The number of sulfonamides is 1. The lowest BCUT2D eigenvalue weighted by Crippen LogP contribution is -2.16. The van der Waals surface area contributed by atoms with Gasteiger partial charge in [-0.3, -0.25) is 0 Å². The average Bonchev–Trinajstić information content (AvgIpc) is 2.38. The van der Waals surface area contributed by atoms with Crippen molar-refractivity contribution in [1.82, 2.24) is 9.97 Å². The van der Waals surface area contributed by atoms with Gasteiger partial charge >= 0.3 is 0 Å². The van der Waals surface area contributed by atoms with Crippen LogP contribution in [0, 0.1) is 0 Å². The molecule has 0 atom stereocenters. The fraction of sp³-hybridized carbons (Fsp3) is 0. The molecular formula is C11H9ClN4O2S2. The highest BCUT2D eigenvalue weighted by atomic mass is 35.5. The van der Waals surface area contributed by atoms with Crippen molar-refractivity contribution in [3.63, 3.8) is 0 Å². The van der Waals surface area contributed by atoms with Gasteiger partial charge in [0.2, 0.25) is 5.95 Å². The number of hydrogen-bond acceptors (Lipinski definition) is 5. The molecule has 0 spiro atoms. The summed E-state index contributed by atoms with van der Waals surface area (Å²) >= 11 is 10.7. The number of hydrogen-bond donors (Lipinski definition) is 2. The van der Waals surface area contributed by atoms with Gasteiger partial charge in [-0.05, 0) is 24.3 Å². The molecule has 2 rings (SSSR count). The zero-order valence-electron chi connectivity index (χ0n) is 9.95. The number of anilines is 1. The minimum Gasteiger partial charge on any atom is -0.389 e. The van der Waals surface area contributed by atoms with E-state index in [-0.39, 0.29) is 20.9 Å². The number of nitrogens with zero attached hydrogens (tertiary/aromatic N) is 2. The number of aromatic nitrogens is 2. The highest BCUT2D eigenvalue weighted by Crippen LogP contribution is 2.22. The van der Waals surface area contributed by atoms with Crippen LogP contribution >= 0.6 is 23.8 Å². The van der Waals surface area contributed by atoms with Crippen LogP contribution in [0.1, 0.15) is 5.56 Å². The number of halogens is 1. The van der Waals surface area contributed by atoms with E-state index in [4.69, 9.17) is 29.6 Å². The third kappa shape index (κ3) is 3.21. The molecule has 9 heteroatoms. The predicted octanol–water partition coefficient (Wildman–Crippen LogP) is 1.57. The van der Waals surface area contributed by atoms with E-state index in [1.165, 1.54) is 30.6 Å². The molecule has 0 saturated carbocycles. The number of rotatable bonds is 4. The lowest BCUT2D eigenvalue weighted by molar-refractivity contribution is 0.601. The summed E-state index contributed by atoms with van der Waals surface area (Å²) in [7, 11) is -3.82. The molecule has 0 amide bonds. The molecule has 0 aliphatic carbocycles. The monoisotopic (exact) mass is 328 g/mol. The minimum absolute atomic E-state index is 0.0259. The molecule has 1 heterocycles. The van der Waals surface area contributed by atoms with Crippen LogP contribution in [0.3, 0.4) is 0 Å². The zero-order valence-corrected chi connectivity index (χ0v) is 12.3. The summed E-state index contributed by atoms with van der Waals surface area (Å²) in [6.45, 7) is 0. The topological polar surface area (TPSA) is 98.0 Å². The molecule has 0 bridgehead atoms. The Morgan fingerprint density at radius 3 is 2.50 bits per heavy atom. The molecule has 0 fully saturated rings. The van der Waals surface area contributed by atoms with E-state index in [1.54, 1.807) is 6.07 Å². The van der Waals surface area contributed by atoms with Gasteiger partial charge in [0.05, 0.1) is 9.92 Å². The van der Waals surface area contributed by atoms with Crippen molar-refractivity contribution in [2.24, 2.45) is 5.73 Å². The predicted molar refractivity (Wildman–Crippen MR) is 80.2 cm³/mol. The van der Waals surface area contributed by atoms with Crippen LogP contribution in [0.4, 0.5) is 5.95 Å². The van der Waals surface area contributed by atoms with Gasteiger partial charge in [-0.1, -0.05) is 23.8 Å². The van der Waals surface area contributed by atoms with E-state index in [0.717, 1.165) is 0 Å². The van der Waals surface area contributed by atoms with E-state index in [9.17, 15) is 8.42 Å². The second kappa shape index (κ2) is 5.70. The molecule has 2 aromatic rings. The Kier molecular flexibility index (Phi) is 4.17. The fourth-order valence-corrected chi connectivity index (χ4v) is 2.96. The summed E-state index contributed by atoms with van der Waals surface area (Å²) < 4.78 is 26.5. The van der Waals surface area contributed by atoms with Crippen molar-refractivity contribution in [2.45, 2.75) is 4.90 Å². The summed E-state index contributed by atoms with van der Waals surface area (Å²) in [6, 6.07) is 5.64. The first-order valence-corrected chi connectivity index (χ1v) is 7.56. The third-order valence-corrected chi connectivity index (χ3v) is 4.17. The highest BCUT2D eigenvalue weighted by Gasteiger charge is 2.17. The Balaban J connectivity index is 2.35. The summed E-state index contributed by atoms with van der Waals surface area (Å²) in [5.41, 5.74) is 5.87. The maximum atomic E-state index is 12.1. The summed E-state index contributed by atoms with van der Waals surface area (Å²) in [5.74, 6) is -0.0259. The average molecular weight is 329 g/mol. The van der Waals surface area contributed by atoms with Crippen molar-refractivity contribution in [2.75, 3.05) is 4.72 Å². The third-order valence-electron chi connectivity index (χ3n) is 2.31. The second-order valence-electron chi connectivity index (χ2n) is 3.68. The van der Waals surface area contributed by atoms with Crippen molar-refractivity contribution < 1.29 is 8.42 Å². The molecule has 6 nitrogen and oxygen atoms in total.